The minimum Gasteiger partial charge on any atom is -0.480 e. The molecule has 5 N–H and O–H groups in total. The van der Waals surface area contributed by atoms with Crippen molar-refractivity contribution in [1.29, 1.82) is 5.41 Å². The number of nitrogens with two attached hydrogens (primary N) is 1. The van der Waals surface area contributed by atoms with Gasteiger partial charge >= 0.3 is 5.97 Å². The third-order valence-corrected chi connectivity index (χ3v) is 4.59. The first-order valence-corrected chi connectivity index (χ1v) is 9.11. The summed E-state index contributed by atoms with van der Waals surface area (Å²) in [7, 11) is 0. The van der Waals surface area contributed by atoms with Crippen LogP contribution in [0.3, 0.4) is 0 Å². The molecule has 1 fully saturated rings. The van der Waals surface area contributed by atoms with Crippen LogP contribution in [0, 0.1) is 11.3 Å². The zero-order chi connectivity index (χ0) is 20.7. The van der Waals surface area contributed by atoms with E-state index in [2.05, 4.69) is 5.32 Å². The predicted molar refractivity (Wildman–Crippen MR) is 102 cm³/mol. The van der Waals surface area contributed by atoms with E-state index < -0.39 is 12.0 Å². The first-order chi connectivity index (χ1) is 13.3. The van der Waals surface area contributed by atoms with Gasteiger partial charge in [0, 0.05) is 24.2 Å². The zero-order valence-electron chi connectivity index (χ0n) is 15.8. The predicted octanol–water partition coefficient (Wildman–Crippen LogP) is 0.429. The number of rotatable bonds is 8. The van der Waals surface area contributed by atoms with E-state index in [1.165, 1.54) is 0 Å². The molecule has 1 heterocycles. The van der Waals surface area contributed by atoms with Crippen LogP contribution in [0.25, 0.3) is 0 Å². The van der Waals surface area contributed by atoms with E-state index in [4.69, 9.17) is 21.0 Å². The molecule has 2 rings (SSSR count). The van der Waals surface area contributed by atoms with Gasteiger partial charge in [0.15, 0.2) is 0 Å². The fourth-order valence-corrected chi connectivity index (χ4v) is 3.13. The molecule has 1 aromatic rings. The second-order valence-corrected chi connectivity index (χ2v) is 6.89. The Hall–Kier alpha value is -2.94. The van der Waals surface area contributed by atoms with Gasteiger partial charge in [-0.1, -0.05) is 12.1 Å². The van der Waals surface area contributed by atoms with E-state index in [1.54, 1.807) is 36.1 Å². The number of carboxylic acids is 1. The molecule has 2 amide bonds. The molecular weight excluding hydrogens is 364 g/mol. The highest BCUT2D eigenvalue weighted by molar-refractivity contribution is 5.99. The summed E-state index contributed by atoms with van der Waals surface area (Å²) in [6.07, 6.45) is 1.67. The Morgan fingerprint density at radius 1 is 1.32 bits per heavy atom. The number of hydrogen-bond acceptors (Lipinski definition) is 5. The van der Waals surface area contributed by atoms with Crippen molar-refractivity contribution in [2.75, 3.05) is 26.3 Å². The number of nitrogen functional groups attached to an aromatic ring is 1. The monoisotopic (exact) mass is 390 g/mol. The number of benzene rings is 1. The van der Waals surface area contributed by atoms with Crippen molar-refractivity contribution >= 4 is 23.6 Å². The summed E-state index contributed by atoms with van der Waals surface area (Å²) in [5.74, 6) is -1.58. The van der Waals surface area contributed by atoms with Gasteiger partial charge in [-0.15, -0.1) is 0 Å². The van der Waals surface area contributed by atoms with Crippen LogP contribution in [0.2, 0.25) is 0 Å². The quantitative estimate of drug-likeness (QED) is 0.374. The van der Waals surface area contributed by atoms with Crippen LogP contribution in [-0.2, 0) is 14.3 Å². The van der Waals surface area contributed by atoms with E-state index in [9.17, 15) is 14.4 Å². The molecule has 2 atom stereocenters. The Bertz CT molecular complexity index is 734. The first kappa shape index (κ1) is 21.4. The van der Waals surface area contributed by atoms with Crippen LogP contribution in [0.1, 0.15) is 35.7 Å². The van der Waals surface area contributed by atoms with E-state index in [-0.39, 0.29) is 30.2 Å². The van der Waals surface area contributed by atoms with Gasteiger partial charge in [-0.25, -0.2) is 4.79 Å². The summed E-state index contributed by atoms with van der Waals surface area (Å²) in [6, 6.07) is 5.57. The first-order valence-electron chi connectivity index (χ1n) is 9.11. The SMILES string of the molecule is C[C@H](NC(=O)c1ccc(C(=N)N)cc1)C(=O)N1CCC[C@@H](COCC(=O)O)C1. The zero-order valence-corrected chi connectivity index (χ0v) is 15.8. The topological polar surface area (TPSA) is 146 Å². The fourth-order valence-electron chi connectivity index (χ4n) is 3.13. The number of amidine groups is 1. The van der Waals surface area contributed by atoms with Gasteiger partial charge in [-0.3, -0.25) is 15.0 Å². The van der Waals surface area contributed by atoms with E-state index in [1.807, 2.05) is 0 Å². The Labute approximate surface area is 163 Å². The molecule has 0 saturated carbocycles. The molecule has 9 nitrogen and oxygen atoms in total. The van der Waals surface area contributed by atoms with Gasteiger partial charge in [0.2, 0.25) is 5.91 Å². The van der Waals surface area contributed by atoms with Crippen LogP contribution >= 0.6 is 0 Å². The van der Waals surface area contributed by atoms with Crippen LogP contribution in [0.5, 0.6) is 0 Å². The van der Waals surface area contributed by atoms with Crippen LogP contribution < -0.4 is 11.1 Å². The van der Waals surface area contributed by atoms with Crippen LogP contribution in [-0.4, -0.2) is 66.0 Å². The number of carbonyl (C=O) groups excluding carboxylic acids is 2. The number of aliphatic carboxylic acids is 1. The summed E-state index contributed by atoms with van der Waals surface area (Å²) in [5, 5.41) is 18.7. The summed E-state index contributed by atoms with van der Waals surface area (Å²) in [5.41, 5.74) is 6.29. The van der Waals surface area contributed by atoms with Gasteiger partial charge in [-0.2, -0.15) is 0 Å². The highest BCUT2D eigenvalue weighted by Crippen LogP contribution is 2.17. The molecule has 9 heteroatoms. The normalized spacial score (nSPS) is 17.6. The highest BCUT2D eigenvalue weighted by Gasteiger charge is 2.28. The summed E-state index contributed by atoms with van der Waals surface area (Å²) in [6.45, 7) is 2.65. The highest BCUT2D eigenvalue weighted by atomic mass is 16.5. The van der Waals surface area contributed by atoms with Crippen molar-refractivity contribution in [3.8, 4) is 0 Å². The number of carbonyl (C=O) groups is 3. The number of ether oxygens (including phenoxy) is 1. The summed E-state index contributed by atoms with van der Waals surface area (Å²) in [4.78, 5) is 37.2. The van der Waals surface area contributed by atoms with Gasteiger partial charge in [0.1, 0.15) is 18.5 Å². The van der Waals surface area contributed by atoms with Crippen LogP contribution in [0.15, 0.2) is 24.3 Å². The molecule has 1 saturated heterocycles. The molecule has 1 aromatic carbocycles. The molecule has 0 spiro atoms. The second kappa shape index (κ2) is 9.84. The van der Waals surface area contributed by atoms with E-state index in [0.717, 1.165) is 12.8 Å². The fraction of sp³-hybridized carbons (Fsp3) is 0.474. The van der Waals surface area contributed by atoms with E-state index >= 15 is 0 Å². The minimum atomic E-state index is -1.02. The molecule has 152 valence electrons. The molecule has 28 heavy (non-hydrogen) atoms. The number of nitrogens with one attached hydrogen (secondary N) is 2. The second-order valence-electron chi connectivity index (χ2n) is 6.89. The molecule has 0 radical (unpaired) electrons. The lowest BCUT2D eigenvalue weighted by Crippen LogP contribution is -2.50. The van der Waals surface area contributed by atoms with Gasteiger partial charge < -0.3 is 25.8 Å². The Morgan fingerprint density at radius 3 is 2.57 bits per heavy atom. The molecule has 0 aromatic heterocycles. The number of amides is 2. The minimum absolute atomic E-state index is 0.0810. The maximum Gasteiger partial charge on any atom is 0.329 e. The lowest BCUT2D eigenvalue weighted by atomic mass is 9.98. The van der Waals surface area contributed by atoms with Crippen molar-refractivity contribution in [1.82, 2.24) is 10.2 Å². The summed E-state index contributed by atoms with van der Waals surface area (Å²) < 4.78 is 5.14. The average Bonchev–Trinajstić information content (AvgIpc) is 2.67. The standard InChI is InChI=1S/C19H26N4O5/c1-12(22-18(26)15-6-4-14(5-7-15)17(20)21)19(27)23-8-2-3-13(9-23)10-28-11-16(24)25/h4-7,12-13H,2-3,8-11H2,1H3,(H3,20,21)(H,22,26)(H,24,25)/t12-,13+/m0/s1. The number of hydrogen-bond donors (Lipinski definition) is 4. The Morgan fingerprint density at radius 2 is 1.96 bits per heavy atom. The third kappa shape index (κ3) is 6.05. The number of likely N-dealkylation sites (tertiary alicyclic amines) is 1. The van der Waals surface area contributed by atoms with Gasteiger partial charge in [0.25, 0.3) is 5.91 Å². The average molecular weight is 390 g/mol. The van der Waals surface area contributed by atoms with Crippen molar-refractivity contribution in [3.05, 3.63) is 35.4 Å². The molecule has 1 aliphatic rings. The lowest BCUT2D eigenvalue weighted by Gasteiger charge is -2.34. The number of nitrogens with zero attached hydrogens (tertiary/aromatic N) is 1. The molecule has 1 aliphatic heterocycles. The lowest BCUT2D eigenvalue weighted by molar-refractivity contribution is -0.143. The largest absolute Gasteiger partial charge is 0.480 e. The Balaban J connectivity index is 1.87. The Kier molecular flexibility index (Phi) is 7.51. The molecule has 0 bridgehead atoms. The number of carboxylic acid groups (broad SMARTS) is 1. The molecule has 0 aliphatic carbocycles. The smallest absolute Gasteiger partial charge is 0.329 e. The van der Waals surface area contributed by atoms with Crippen LogP contribution in [0.4, 0.5) is 0 Å². The molecule has 0 unspecified atom stereocenters. The van der Waals surface area contributed by atoms with Crippen molar-refractivity contribution in [3.63, 3.8) is 0 Å². The maximum absolute atomic E-state index is 12.7. The van der Waals surface area contributed by atoms with Crippen molar-refractivity contribution in [2.45, 2.75) is 25.8 Å². The van der Waals surface area contributed by atoms with E-state index in [0.29, 0.717) is 30.8 Å². The van der Waals surface area contributed by atoms with Gasteiger partial charge in [0.05, 0.1) is 6.61 Å². The van der Waals surface area contributed by atoms with Crippen molar-refractivity contribution in [2.24, 2.45) is 11.7 Å². The number of piperidine rings is 1. The van der Waals surface area contributed by atoms with Gasteiger partial charge in [-0.05, 0) is 37.8 Å². The third-order valence-electron chi connectivity index (χ3n) is 4.59. The molecular formula is C19H26N4O5. The van der Waals surface area contributed by atoms with Crippen molar-refractivity contribution < 1.29 is 24.2 Å². The maximum atomic E-state index is 12.7. The summed E-state index contributed by atoms with van der Waals surface area (Å²) >= 11 is 0.